The van der Waals surface area contributed by atoms with Gasteiger partial charge in [-0.3, -0.25) is 10.00 Å². The Labute approximate surface area is 142 Å². The van der Waals surface area contributed by atoms with Gasteiger partial charge in [-0.25, -0.2) is 0 Å². The van der Waals surface area contributed by atoms with E-state index in [2.05, 4.69) is 74.6 Å². The van der Waals surface area contributed by atoms with Crippen LogP contribution in [0.4, 0.5) is 5.69 Å². The van der Waals surface area contributed by atoms with Gasteiger partial charge in [0.1, 0.15) is 0 Å². The summed E-state index contributed by atoms with van der Waals surface area (Å²) in [6.45, 7) is 5.25. The van der Waals surface area contributed by atoms with E-state index in [1.165, 1.54) is 16.8 Å². The van der Waals surface area contributed by atoms with Crippen molar-refractivity contribution in [2.45, 2.75) is 6.54 Å². The van der Waals surface area contributed by atoms with E-state index < -0.39 is 0 Å². The summed E-state index contributed by atoms with van der Waals surface area (Å²) in [5.41, 5.74) is 4.94. The summed E-state index contributed by atoms with van der Waals surface area (Å²) in [6, 6.07) is 21.1. The van der Waals surface area contributed by atoms with Crippen molar-refractivity contribution in [3.8, 4) is 11.3 Å². The van der Waals surface area contributed by atoms with Crippen molar-refractivity contribution in [1.29, 1.82) is 0 Å². The van der Waals surface area contributed by atoms with Gasteiger partial charge in [-0.15, -0.1) is 0 Å². The maximum atomic E-state index is 4.26. The van der Waals surface area contributed by atoms with Crippen molar-refractivity contribution in [3.05, 3.63) is 72.4 Å². The van der Waals surface area contributed by atoms with Crippen molar-refractivity contribution in [3.63, 3.8) is 0 Å². The maximum absolute atomic E-state index is 4.26. The molecule has 3 aromatic rings. The lowest BCUT2D eigenvalue weighted by molar-refractivity contribution is 0.250. The van der Waals surface area contributed by atoms with Gasteiger partial charge in [0.05, 0.1) is 11.9 Å². The first-order chi connectivity index (χ1) is 11.9. The molecule has 0 spiro atoms. The lowest BCUT2D eigenvalue weighted by atomic mass is 10.1. The summed E-state index contributed by atoms with van der Waals surface area (Å²) in [7, 11) is 0. The zero-order valence-electron chi connectivity index (χ0n) is 13.7. The van der Waals surface area contributed by atoms with Crippen LogP contribution in [-0.2, 0) is 6.54 Å². The van der Waals surface area contributed by atoms with Crippen molar-refractivity contribution in [2.24, 2.45) is 0 Å². The first kappa shape index (κ1) is 15.0. The normalized spacial score (nSPS) is 15.6. The minimum atomic E-state index is 0.948. The SMILES string of the molecule is c1ccc(-c2[nH]ncc2CN2CCN(c3ccccc3)CC2)cc1. The molecule has 2 aromatic carbocycles. The van der Waals surface area contributed by atoms with E-state index >= 15 is 0 Å². The molecule has 24 heavy (non-hydrogen) atoms. The average molecular weight is 318 g/mol. The molecule has 4 heteroatoms. The van der Waals surface area contributed by atoms with Crippen LogP contribution in [-0.4, -0.2) is 41.3 Å². The Morgan fingerprint density at radius 1 is 0.833 bits per heavy atom. The molecule has 1 N–H and O–H groups in total. The molecule has 1 aliphatic heterocycles. The standard InChI is InChI=1S/C20H22N4/c1-3-7-17(8-4-1)20-18(15-21-22-20)16-23-11-13-24(14-12-23)19-9-5-2-6-10-19/h1-10,15H,11-14,16H2,(H,21,22). The third-order valence-electron chi connectivity index (χ3n) is 4.67. The molecule has 4 rings (SSSR count). The average Bonchev–Trinajstić information content (AvgIpc) is 3.12. The fraction of sp³-hybridized carbons (Fsp3) is 0.250. The number of hydrogen-bond donors (Lipinski definition) is 1. The molecule has 122 valence electrons. The minimum Gasteiger partial charge on any atom is -0.369 e. The van der Waals surface area contributed by atoms with Gasteiger partial charge < -0.3 is 4.90 Å². The number of H-pyrrole nitrogens is 1. The molecule has 1 aliphatic rings. The Bertz CT molecular complexity index is 759. The Balaban J connectivity index is 1.41. The molecule has 1 saturated heterocycles. The van der Waals surface area contributed by atoms with Gasteiger partial charge in [0.2, 0.25) is 0 Å². The first-order valence-electron chi connectivity index (χ1n) is 8.50. The van der Waals surface area contributed by atoms with E-state index in [0.29, 0.717) is 0 Å². The van der Waals surface area contributed by atoms with Crippen LogP contribution in [0.3, 0.4) is 0 Å². The van der Waals surface area contributed by atoms with Crippen molar-refractivity contribution in [2.75, 3.05) is 31.1 Å². The van der Waals surface area contributed by atoms with Gasteiger partial charge in [-0.2, -0.15) is 5.10 Å². The van der Waals surface area contributed by atoms with Crippen LogP contribution in [0.1, 0.15) is 5.56 Å². The molecule has 0 bridgehead atoms. The van der Waals surface area contributed by atoms with Crippen LogP contribution in [0.25, 0.3) is 11.3 Å². The van der Waals surface area contributed by atoms with Crippen molar-refractivity contribution >= 4 is 5.69 Å². The Morgan fingerprint density at radius 2 is 1.50 bits per heavy atom. The molecule has 0 radical (unpaired) electrons. The highest BCUT2D eigenvalue weighted by Crippen LogP contribution is 2.23. The monoisotopic (exact) mass is 318 g/mol. The fourth-order valence-corrected chi connectivity index (χ4v) is 3.33. The maximum Gasteiger partial charge on any atom is 0.0695 e. The number of rotatable bonds is 4. The second-order valence-corrected chi connectivity index (χ2v) is 6.24. The van der Waals surface area contributed by atoms with Gasteiger partial charge in [-0.05, 0) is 17.7 Å². The highest BCUT2D eigenvalue weighted by atomic mass is 15.3. The van der Waals surface area contributed by atoms with Crippen LogP contribution in [0, 0.1) is 0 Å². The number of hydrogen-bond acceptors (Lipinski definition) is 3. The smallest absolute Gasteiger partial charge is 0.0695 e. The van der Waals surface area contributed by atoms with Crippen LogP contribution >= 0.6 is 0 Å². The lowest BCUT2D eigenvalue weighted by Crippen LogP contribution is -2.45. The number of piperazine rings is 1. The summed E-state index contributed by atoms with van der Waals surface area (Å²) in [5, 5.41) is 7.42. The van der Waals surface area contributed by atoms with E-state index in [9.17, 15) is 0 Å². The van der Waals surface area contributed by atoms with E-state index in [1.807, 2.05) is 12.3 Å². The summed E-state index contributed by atoms with van der Waals surface area (Å²) in [5.74, 6) is 0. The predicted octanol–water partition coefficient (Wildman–Crippen LogP) is 3.40. The number of aromatic nitrogens is 2. The molecular formula is C20H22N4. The number of anilines is 1. The molecule has 0 aliphatic carbocycles. The highest BCUT2D eigenvalue weighted by molar-refractivity contribution is 5.62. The molecule has 0 atom stereocenters. The number of para-hydroxylation sites is 1. The molecular weight excluding hydrogens is 296 g/mol. The van der Waals surface area contributed by atoms with Crippen LogP contribution in [0.15, 0.2) is 66.9 Å². The van der Waals surface area contributed by atoms with E-state index in [4.69, 9.17) is 0 Å². The summed E-state index contributed by atoms with van der Waals surface area (Å²) >= 11 is 0. The number of nitrogens with zero attached hydrogens (tertiary/aromatic N) is 3. The molecule has 1 fully saturated rings. The fourth-order valence-electron chi connectivity index (χ4n) is 3.33. The Morgan fingerprint density at radius 3 is 2.21 bits per heavy atom. The third kappa shape index (κ3) is 3.19. The number of nitrogens with one attached hydrogen (secondary N) is 1. The number of aromatic amines is 1. The van der Waals surface area contributed by atoms with Gasteiger partial charge in [0.25, 0.3) is 0 Å². The van der Waals surface area contributed by atoms with E-state index in [-0.39, 0.29) is 0 Å². The van der Waals surface area contributed by atoms with Crippen LogP contribution < -0.4 is 4.90 Å². The molecule has 0 amide bonds. The number of benzene rings is 2. The van der Waals surface area contributed by atoms with Crippen molar-refractivity contribution in [1.82, 2.24) is 15.1 Å². The van der Waals surface area contributed by atoms with E-state index in [0.717, 1.165) is 38.4 Å². The van der Waals surface area contributed by atoms with Crippen molar-refractivity contribution < 1.29 is 0 Å². The minimum absolute atomic E-state index is 0.948. The largest absolute Gasteiger partial charge is 0.369 e. The van der Waals surface area contributed by atoms with Gasteiger partial charge >= 0.3 is 0 Å². The molecule has 0 saturated carbocycles. The lowest BCUT2D eigenvalue weighted by Gasteiger charge is -2.36. The summed E-state index contributed by atoms with van der Waals surface area (Å²) in [6.07, 6.45) is 1.96. The van der Waals surface area contributed by atoms with Crippen LogP contribution in [0.2, 0.25) is 0 Å². The predicted molar refractivity (Wildman–Crippen MR) is 98.0 cm³/mol. The topological polar surface area (TPSA) is 35.2 Å². The highest BCUT2D eigenvalue weighted by Gasteiger charge is 2.19. The third-order valence-corrected chi connectivity index (χ3v) is 4.67. The van der Waals surface area contributed by atoms with Gasteiger partial charge in [-0.1, -0.05) is 48.5 Å². The molecule has 0 unspecified atom stereocenters. The molecule has 2 heterocycles. The second-order valence-electron chi connectivity index (χ2n) is 6.24. The second kappa shape index (κ2) is 6.89. The summed E-state index contributed by atoms with van der Waals surface area (Å²) < 4.78 is 0. The first-order valence-corrected chi connectivity index (χ1v) is 8.50. The zero-order chi connectivity index (χ0) is 16.2. The van der Waals surface area contributed by atoms with Gasteiger partial charge in [0.15, 0.2) is 0 Å². The van der Waals surface area contributed by atoms with E-state index in [1.54, 1.807) is 0 Å². The Hall–Kier alpha value is -2.59. The Kier molecular flexibility index (Phi) is 4.30. The summed E-state index contributed by atoms with van der Waals surface area (Å²) in [4.78, 5) is 4.97. The zero-order valence-corrected chi connectivity index (χ0v) is 13.7. The quantitative estimate of drug-likeness (QED) is 0.801. The molecule has 4 nitrogen and oxygen atoms in total. The van der Waals surface area contributed by atoms with Crippen LogP contribution in [0.5, 0.6) is 0 Å². The van der Waals surface area contributed by atoms with Gasteiger partial charge in [0, 0.05) is 44.0 Å². The molecule has 1 aromatic heterocycles.